The number of hydrogen-bond donors (Lipinski definition) is 2. The molecule has 4 aromatic rings. The van der Waals surface area contributed by atoms with E-state index in [1.54, 1.807) is 18.2 Å². The van der Waals surface area contributed by atoms with Gasteiger partial charge in [-0.3, -0.25) is 4.79 Å². The van der Waals surface area contributed by atoms with Gasteiger partial charge in [0.05, 0.1) is 20.7 Å². The number of aromatic nitrogens is 1. The Balaban J connectivity index is 1.54. The molecule has 0 fully saturated rings. The van der Waals surface area contributed by atoms with Crippen molar-refractivity contribution in [1.82, 2.24) is 4.98 Å². The van der Waals surface area contributed by atoms with E-state index in [4.69, 9.17) is 9.56 Å². The average molecular weight is 423 g/mol. The zero-order valence-electron chi connectivity index (χ0n) is 14.7. The number of amides is 1. The van der Waals surface area contributed by atoms with Gasteiger partial charge in [-0.25, -0.2) is 18.5 Å². The van der Waals surface area contributed by atoms with Crippen LogP contribution < -0.4 is 10.5 Å². The zero-order chi connectivity index (χ0) is 20.2. The van der Waals surface area contributed by atoms with Crippen LogP contribution in [-0.2, 0) is 14.8 Å². The number of primary sulfonamides is 1. The highest BCUT2D eigenvalue weighted by Crippen LogP contribution is 2.36. The van der Waals surface area contributed by atoms with Crippen LogP contribution in [0, 0.1) is 0 Å². The summed E-state index contributed by atoms with van der Waals surface area (Å²) in [5.41, 5.74) is 2.17. The summed E-state index contributed by atoms with van der Waals surface area (Å²) in [5, 5.41) is 8.65. The number of furan rings is 1. The standard InChI is InChI=1S/C20H13N3O4S2/c21-29(25,26)12-6-7-15-13(10-12)14(19(24)22-15)9-11-5-8-17(27-11)20-23-16-3-1-2-4-18(16)28-20/h1-10H,(H,22,24)(H2,21,25,26)/b14-9+. The second kappa shape index (κ2) is 6.38. The van der Waals surface area contributed by atoms with Crippen LogP contribution in [0.2, 0.25) is 0 Å². The third-order valence-corrected chi connectivity index (χ3v) is 6.48. The molecular weight excluding hydrogens is 410 g/mol. The molecule has 0 saturated carbocycles. The molecule has 0 unspecified atom stereocenters. The number of fused-ring (bicyclic) bond motifs is 2. The molecule has 2 aromatic heterocycles. The topological polar surface area (TPSA) is 115 Å². The number of benzene rings is 2. The van der Waals surface area contributed by atoms with Crippen molar-refractivity contribution in [2.24, 2.45) is 5.14 Å². The van der Waals surface area contributed by atoms with Gasteiger partial charge in [0.15, 0.2) is 10.8 Å². The van der Waals surface area contributed by atoms with Crippen LogP contribution in [0.4, 0.5) is 5.69 Å². The average Bonchev–Trinajstić information content (AvgIpc) is 3.38. The first-order valence-electron chi connectivity index (χ1n) is 8.54. The molecule has 9 heteroatoms. The van der Waals surface area contributed by atoms with Crippen LogP contribution in [0.1, 0.15) is 11.3 Å². The first-order chi connectivity index (χ1) is 13.9. The molecule has 0 spiro atoms. The molecule has 1 aliphatic rings. The van der Waals surface area contributed by atoms with Crippen molar-refractivity contribution < 1.29 is 17.6 Å². The maximum Gasteiger partial charge on any atom is 0.256 e. The highest BCUT2D eigenvalue weighted by Gasteiger charge is 2.26. The second-order valence-corrected chi connectivity index (χ2v) is 9.05. The Labute approximate surface area is 169 Å². The van der Waals surface area contributed by atoms with Crippen molar-refractivity contribution >= 4 is 54.8 Å². The van der Waals surface area contributed by atoms with Gasteiger partial charge in [-0.2, -0.15) is 0 Å². The van der Waals surface area contributed by atoms with Crippen molar-refractivity contribution in [3.63, 3.8) is 0 Å². The van der Waals surface area contributed by atoms with Crippen LogP contribution in [0.25, 0.3) is 32.6 Å². The van der Waals surface area contributed by atoms with Crippen molar-refractivity contribution in [1.29, 1.82) is 0 Å². The molecule has 1 amide bonds. The largest absolute Gasteiger partial charge is 0.454 e. The van der Waals surface area contributed by atoms with E-state index in [1.165, 1.54) is 29.5 Å². The Hall–Kier alpha value is -3.27. The number of carbonyl (C=O) groups is 1. The highest BCUT2D eigenvalue weighted by atomic mass is 32.2. The number of para-hydroxylation sites is 1. The summed E-state index contributed by atoms with van der Waals surface area (Å²) < 4.78 is 30.2. The number of rotatable bonds is 3. The van der Waals surface area contributed by atoms with E-state index in [2.05, 4.69) is 10.3 Å². The summed E-state index contributed by atoms with van der Waals surface area (Å²) in [6, 6.07) is 15.6. The van der Waals surface area contributed by atoms with Gasteiger partial charge in [-0.05, 0) is 48.5 Å². The molecule has 3 N–H and O–H groups in total. The first kappa shape index (κ1) is 17.8. The van der Waals surface area contributed by atoms with Gasteiger partial charge in [0.25, 0.3) is 5.91 Å². The van der Waals surface area contributed by atoms with E-state index in [0.717, 1.165) is 15.2 Å². The van der Waals surface area contributed by atoms with E-state index in [-0.39, 0.29) is 10.8 Å². The predicted octanol–water partition coefficient (Wildman–Crippen LogP) is 3.70. The molecule has 2 aromatic carbocycles. The number of sulfonamides is 1. The van der Waals surface area contributed by atoms with Gasteiger partial charge < -0.3 is 9.73 Å². The number of nitrogens with one attached hydrogen (secondary N) is 1. The van der Waals surface area contributed by atoms with E-state index < -0.39 is 10.0 Å². The normalized spacial score (nSPS) is 15.1. The smallest absolute Gasteiger partial charge is 0.256 e. The minimum atomic E-state index is -3.88. The van der Waals surface area contributed by atoms with E-state index >= 15 is 0 Å². The summed E-state index contributed by atoms with van der Waals surface area (Å²) >= 11 is 1.51. The Morgan fingerprint density at radius 3 is 2.72 bits per heavy atom. The van der Waals surface area contributed by atoms with E-state index in [0.29, 0.717) is 28.3 Å². The van der Waals surface area contributed by atoms with Crippen molar-refractivity contribution in [2.75, 3.05) is 5.32 Å². The number of anilines is 1. The third-order valence-electron chi connectivity index (χ3n) is 4.52. The lowest BCUT2D eigenvalue weighted by atomic mass is 10.1. The van der Waals surface area contributed by atoms with Gasteiger partial charge in [0.2, 0.25) is 10.0 Å². The van der Waals surface area contributed by atoms with Crippen molar-refractivity contribution in [3.8, 4) is 10.8 Å². The second-order valence-electron chi connectivity index (χ2n) is 6.45. The Kier molecular flexibility index (Phi) is 3.91. The monoisotopic (exact) mass is 423 g/mol. The van der Waals surface area contributed by atoms with E-state index in [9.17, 15) is 13.2 Å². The number of nitrogens with two attached hydrogens (primary N) is 1. The summed E-state index contributed by atoms with van der Waals surface area (Å²) in [6.45, 7) is 0. The van der Waals surface area contributed by atoms with Crippen LogP contribution >= 0.6 is 11.3 Å². The van der Waals surface area contributed by atoms with Gasteiger partial charge in [-0.15, -0.1) is 11.3 Å². The summed E-state index contributed by atoms with van der Waals surface area (Å²) in [7, 11) is -3.88. The fourth-order valence-electron chi connectivity index (χ4n) is 3.15. The molecule has 3 heterocycles. The Morgan fingerprint density at radius 1 is 1.10 bits per heavy atom. The molecule has 1 aliphatic heterocycles. The minimum absolute atomic E-state index is 0.0618. The maximum absolute atomic E-state index is 12.4. The molecule has 0 atom stereocenters. The fraction of sp³-hybridized carbons (Fsp3) is 0. The number of thiazole rings is 1. The Morgan fingerprint density at radius 2 is 1.93 bits per heavy atom. The molecule has 5 rings (SSSR count). The lowest BCUT2D eigenvalue weighted by Crippen LogP contribution is -2.12. The lowest BCUT2D eigenvalue weighted by molar-refractivity contribution is -0.110. The van der Waals surface area contributed by atoms with Gasteiger partial charge >= 0.3 is 0 Å². The Bertz CT molecular complexity index is 1400. The predicted molar refractivity (Wildman–Crippen MR) is 112 cm³/mol. The quantitative estimate of drug-likeness (QED) is 0.488. The summed E-state index contributed by atoms with van der Waals surface area (Å²) in [4.78, 5) is 16.9. The maximum atomic E-state index is 12.4. The van der Waals surface area contributed by atoms with E-state index in [1.807, 2.05) is 24.3 Å². The minimum Gasteiger partial charge on any atom is -0.454 e. The van der Waals surface area contributed by atoms with Crippen molar-refractivity contribution in [2.45, 2.75) is 4.90 Å². The molecule has 7 nitrogen and oxygen atoms in total. The molecule has 0 aliphatic carbocycles. The van der Waals surface area contributed by atoms with Crippen LogP contribution in [0.15, 0.2) is 63.9 Å². The van der Waals surface area contributed by atoms with Crippen molar-refractivity contribution in [3.05, 3.63) is 65.9 Å². The fourth-order valence-corrected chi connectivity index (χ4v) is 4.62. The summed E-state index contributed by atoms with van der Waals surface area (Å²) in [5.74, 6) is 0.706. The molecular formula is C20H13N3O4S2. The highest BCUT2D eigenvalue weighted by molar-refractivity contribution is 7.89. The van der Waals surface area contributed by atoms with Crippen LogP contribution in [0.5, 0.6) is 0 Å². The van der Waals surface area contributed by atoms with Gasteiger partial charge in [-0.1, -0.05) is 12.1 Å². The van der Waals surface area contributed by atoms with Crippen LogP contribution in [-0.4, -0.2) is 19.3 Å². The molecule has 0 radical (unpaired) electrons. The lowest BCUT2D eigenvalue weighted by Gasteiger charge is -2.02. The number of nitrogens with zero attached hydrogens (tertiary/aromatic N) is 1. The number of hydrogen-bond acceptors (Lipinski definition) is 6. The molecule has 144 valence electrons. The third kappa shape index (κ3) is 3.15. The summed E-state index contributed by atoms with van der Waals surface area (Å²) in [6.07, 6.45) is 1.57. The molecule has 0 saturated heterocycles. The first-order valence-corrected chi connectivity index (χ1v) is 10.9. The van der Waals surface area contributed by atoms with Crippen LogP contribution in [0.3, 0.4) is 0 Å². The van der Waals surface area contributed by atoms with Gasteiger partial charge in [0.1, 0.15) is 5.76 Å². The zero-order valence-corrected chi connectivity index (χ0v) is 16.4. The SMILES string of the molecule is NS(=O)(=O)c1ccc2c(c1)/C(=C\c1ccc(-c3nc4ccccc4s3)o1)C(=O)N2. The number of carbonyl (C=O) groups excluding carboxylic acids is 1. The molecule has 0 bridgehead atoms. The molecule has 29 heavy (non-hydrogen) atoms. The van der Waals surface area contributed by atoms with Gasteiger partial charge in [0, 0.05) is 11.3 Å².